The van der Waals surface area contributed by atoms with Gasteiger partial charge in [0.2, 0.25) is 0 Å². The fraction of sp³-hybridized carbons (Fsp3) is 0.409. The normalized spacial score (nSPS) is 15.4. The standard InChI is InChI=1S/C22H28ClFN4O.HI/c1-25-22(26-14-17-5-6-18(23)13-21(17)29-2)27-20-9-11-28(12-10-20)15-16-3-7-19(24)8-4-16;/h3-8,13,20H,9-12,14-15H2,1-2H3,(H2,25,26,27);1H. The molecule has 3 rings (SSSR count). The maximum Gasteiger partial charge on any atom is 0.191 e. The van der Waals surface area contributed by atoms with Crippen LogP contribution in [0.25, 0.3) is 0 Å². The highest BCUT2D eigenvalue weighted by Gasteiger charge is 2.20. The van der Waals surface area contributed by atoms with Gasteiger partial charge in [-0.2, -0.15) is 0 Å². The Bertz CT molecular complexity index is 826. The van der Waals surface area contributed by atoms with E-state index >= 15 is 0 Å². The summed E-state index contributed by atoms with van der Waals surface area (Å²) in [7, 11) is 3.42. The van der Waals surface area contributed by atoms with Crippen LogP contribution in [0.4, 0.5) is 4.39 Å². The number of ether oxygens (including phenoxy) is 1. The van der Waals surface area contributed by atoms with E-state index in [9.17, 15) is 4.39 Å². The lowest BCUT2D eigenvalue weighted by Crippen LogP contribution is -2.48. The molecule has 1 aliphatic rings. The van der Waals surface area contributed by atoms with Crippen LogP contribution in [-0.4, -0.2) is 44.1 Å². The SMILES string of the molecule is CN=C(NCc1ccc(Cl)cc1OC)NC1CCN(Cc2ccc(F)cc2)CC1.I. The zero-order valence-corrected chi connectivity index (χ0v) is 20.4. The highest BCUT2D eigenvalue weighted by Crippen LogP contribution is 2.23. The van der Waals surface area contributed by atoms with Crippen molar-refractivity contribution < 1.29 is 9.13 Å². The molecule has 1 fully saturated rings. The first-order valence-corrected chi connectivity index (χ1v) is 10.2. The molecule has 0 radical (unpaired) electrons. The quantitative estimate of drug-likeness (QED) is 0.320. The fourth-order valence-corrected chi connectivity index (χ4v) is 3.68. The summed E-state index contributed by atoms with van der Waals surface area (Å²) < 4.78 is 18.4. The number of hydrogen-bond acceptors (Lipinski definition) is 3. The second-order valence-corrected chi connectivity index (χ2v) is 7.64. The summed E-state index contributed by atoms with van der Waals surface area (Å²) in [6.07, 6.45) is 2.07. The number of hydrogen-bond donors (Lipinski definition) is 2. The average Bonchev–Trinajstić information content (AvgIpc) is 2.74. The monoisotopic (exact) mass is 546 g/mol. The molecule has 0 unspecified atom stereocenters. The highest BCUT2D eigenvalue weighted by atomic mass is 127. The summed E-state index contributed by atoms with van der Waals surface area (Å²) in [6, 6.07) is 12.8. The van der Waals surface area contributed by atoms with Gasteiger partial charge < -0.3 is 15.4 Å². The molecule has 30 heavy (non-hydrogen) atoms. The molecule has 2 N–H and O–H groups in total. The predicted molar refractivity (Wildman–Crippen MR) is 131 cm³/mol. The third kappa shape index (κ3) is 7.28. The largest absolute Gasteiger partial charge is 0.496 e. The van der Waals surface area contributed by atoms with Gasteiger partial charge in [0.05, 0.1) is 7.11 Å². The van der Waals surface area contributed by atoms with E-state index < -0.39 is 0 Å². The first-order valence-electron chi connectivity index (χ1n) is 9.84. The minimum atomic E-state index is -0.188. The van der Waals surface area contributed by atoms with Crippen LogP contribution in [0.3, 0.4) is 0 Å². The summed E-state index contributed by atoms with van der Waals surface area (Å²) >= 11 is 6.03. The number of likely N-dealkylation sites (tertiary alicyclic amines) is 1. The van der Waals surface area contributed by atoms with E-state index in [4.69, 9.17) is 16.3 Å². The van der Waals surface area contributed by atoms with Gasteiger partial charge in [-0.15, -0.1) is 24.0 Å². The van der Waals surface area contributed by atoms with Crippen molar-refractivity contribution in [1.82, 2.24) is 15.5 Å². The van der Waals surface area contributed by atoms with E-state index in [0.29, 0.717) is 17.6 Å². The molecular weight excluding hydrogens is 518 g/mol. The molecule has 1 saturated heterocycles. The van der Waals surface area contributed by atoms with E-state index in [0.717, 1.165) is 55.3 Å². The van der Waals surface area contributed by atoms with Crippen molar-refractivity contribution in [3.8, 4) is 5.75 Å². The van der Waals surface area contributed by atoms with Crippen molar-refractivity contribution in [3.05, 3.63) is 64.4 Å². The molecule has 0 saturated carbocycles. The van der Waals surface area contributed by atoms with Crippen LogP contribution in [0.15, 0.2) is 47.5 Å². The molecule has 164 valence electrons. The Morgan fingerprint density at radius 1 is 1.20 bits per heavy atom. The topological polar surface area (TPSA) is 48.9 Å². The summed E-state index contributed by atoms with van der Waals surface area (Å²) in [6.45, 7) is 3.45. The Hall–Kier alpha value is -1.58. The van der Waals surface area contributed by atoms with Gasteiger partial charge in [-0.1, -0.05) is 29.8 Å². The number of halogens is 3. The molecule has 0 aliphatic carbocycles. The molecule has 0 spiro atoms. The van der Waals surface area contributed by atoms with Crippen molar-refractivity contribution in [2.45, 2.75) is 32.0 Å². The molecule has 1 heterocycles. The Morgan fingerprint density at radius 3 is 2.53 bits per heavy atom. The van der Waals surface area contributed by atoms with E-state index in [1.54, 1.807) is 14.2 Å². The molecule has 5 nitrogen and oxygen atoms in total. The van der Waals surface area contributed by atoms with Crippen LogP contribution in [0.1, 0.15) is 24.0 Å². The average molecular weight is 547 g/mol. The van der Waals surface area contributed by atoms with Crippen LogP contribution in [0.2, 0.25) is 5.02 Å². The van der Waals surface area contributed by atoms with Crippen molar-refractivity contribution in [1.29, 1.82) is 0 Å². The lowest BCUT2D eigenvalue weighted by Gasteiger charge is -2.33. The second-order valence-electron chi connectivity index (χ2n) is 7.20. The Balaban J connectivity index is 0.00000320. The van der Waals surface area contributed by atoms with Gasteiger partial charge in [-0.05, 0) is 42.7 Å². The van der Waals surface area contributed by atoms with Crippen molar-refractivity contribution >= 4 is 41.5 Å². The zero-order chi connectivity index (χ0) is 20.6. The van der Waals surface area contributed by atoms with Gasteiger partial charge in [0.1, 0.15) is 11.6 Å². The number of benzene rings is 2. The summed E-state index contributed by atoms with van der Waals surface area (Å²) in [5.74, 6) is 1.35. The van der Waals surface area contributed by atoms with E-state index in [1.165, 1.54) is 12.1 Å². The van der Waals surface area contributed by atoms with Gasteiger partial charge >= 0.3 is 0 Å². The number of rotatable bonds is 6. The maximum absolute atomic E-state index is 13.1. The Morgan fingerprint density at radius 2 is 1.90 bits per heavy atom. The molecule has 0 amide bonds. The predicted octanol–water partition coefficient (Wildman–Crippen LogP) is 4.44. The minimum absolute atomic E-state index is 0. The summed E-state index contributed by atoms with van der Waals surface area (Å²) in [5, 5.41) is 7.52. The molecular formula is C22H29ClFIN4O. The lowest BCUT2D eigenvalue weighted by molar-refractivity contribution is 0.198. The smallest absolute Gasteiger partial charge is 0.191 e. The lowest BCUT2D eigenvalue weighted by atomic mass is 10.0. The van der Waals surface area contributed by atoms with E-state index in [-0.39, 0.29) is 29.8 Å². The summed E-state index contributed by atoms with van der Waals surface area (Å²) in [4.78, 5) is 6.75. The maximum atomic E-state index is 13.1. The summed E-state index contributed by atoms with van der Waals surface area (Å²) in [5.41, 5.74) is 2.17. The molecule has 0 atom stereocenters. The van der Waals surface area contributed by atoms with Crippen LogP contribution in [0.5, 0.6) is 5.75 Å². The molecule has 0 bridgehead atoms. The number of methoxy groups -OCH3 is 1. The number of nitrogens with one attached hydrogen (secondary N) is 2. The van der Waals surface area contributed by atoms with Crippen molar-refractivity contribution in [3.63, 3.8) is 0 Å². The van der Waals surface area contributed by atoms with Gasteiger partial charge in [0.15, 0.2) is 5.96 Å². The number of aliphatic imine (C=N–C) groups is 1. The van der Waals surface area contributed by atoms with Crippen LogP contribution in [0, 0.1) is 5.82 Å². The van der Waals surface area contributed by atoms with Crippen molar-refractivity contribution in [2.24, 2.45) is 4.99 Å². The Labute approximate surface area is 200 Å². The van der Waals surface area contributed by atoms with Crippen LogP contribution < -0.4 is 15.4 Å². The second kappa shape index (κ2) is 12.3. The molecule has 1 aliphatic heterocycles. The third-order valence-electron chi connectivity index (χ3n) is 5.17. The molecule has 2 aromatic carbocycles. The van der Waals surface area contributed by atoms with Crippen molar-refractivity contribution in [2.75, 3.05) is 27.2 Å². The van der Waals surface area contributed by atoms with E-state index in [1.807, 2.05) is 30.3 Å². The number of nitrogens with zero attached hydrogens (tertiary/aromatic N) is 2. The van der Waals surface area contributed by atoms with Gasteiger partial charge in [-0.25, -0.2) is 4.39 Å². The zero-order valence-electron chi connectivity index (χ0n) is 17.3. The molecule has 0 aromatic heterocycles. The first kappa shape index (κ1) is 24.7. The van der Waals surface area contributed by atoms with Gasteiger partial charge in [0.25, 0.3) is 0 Å². The highest BCUT2D eigenvalue weighted by molar-refractivity contribution is 14.0. The van der Waals surface area contributed by atoms with Crippen LogP contribution >= 0.6 is 35.6 Å². The first-order chi connectivity index (χ1) is 14.1. The number of guanidine groups is 1. The fourth-order valence-electron chi connectivity index (χ4n) is 3.51. The Kier molecular flexibility index (Phi) is 10.1. The molecule has 2 aromatic rings. The van der Waals surface area contributed by atoms with Crippen LogP contribution in [-0.2, 0) is 13.1 Å². The van der Waals surface area contributed by atoms with E-state index in [2.05, 4.69) is 20.5 Å². The number of piperidine rings is 1. The third-order valence-corrected chi connectivity index (χ3v) is 5.40. The van der Waals surface area contributed by atoms with Gasteiger partial charge in [-0.3, -0.25) is 9.89 Å². The minimum Gasteiger partial charge on any atom is -0.496 e. The molecule has 8 heteroatoms. The van der Waals surface area contributed by atoms with Gasteiger partial charge in [0, 0.05) is 49.9 Å².